The van der Waals surface area contributed by atoms with E-state index < -0.39 is 81.4 Å². The average molecular weight is 596 g/mol. The van der Waals surface area contributed by atoms with E-state index in [2.05, 4.69) is 4.98 Å². The highest BCUT2D eigenvalue weighted by Crippen LogP contribution is 2.45. The molecule has 182 valence electrons. The molecule has 0 aromatic carbocycles. The first-order chi connectivity index (χ1) is 14.9. The molecule has 1 aromatic heterocycles. The van der Waals surface area contributed by atoms with E-state index in [0.29, 0.717) is 0 Å². The number of aliphatic hydroxyl groups excluding tert-OH is 5. The first-order valence-corrected chi connectivity index (χ1v) is 11.8. The number of hydrogen-bond donors (Lipinski definition) is 7. The quantitative estimate of drug-likeness (QED) is 0.121. The van der Waals surface area contributed by atoms with Crippen molar-refractivity contribution >= 4 is 30.4 Å². The third kappa shape index (κ3) is 5.83. The Morgan fingerprint density at radius 1 is 1.06 bits per heavy atom. The summed E-state index contributed by atoms with van der Waals surface area (Å²) in [5, 5.41) is 48.4. The molecular weight excluding hydrogens is 574 g/mol. The fourth-order valence-electron chi connectivity index (χ4n) is 3.15. The Balaban J connectivity index is 1.54. The van der Waals surface area contributed by atoms with Crippen LogP contribution in [-0.2, 0) is 23.1 Å². The molecule has 2 aliphatic heterocycles. The molecule has 2 saturated heterocycles. The van der Waals surface area contributed by atoms with Crippen LogP contribution in [0.2, 0.25) is 0 Å². The minimum atomic E-state index is -4.76. The first kappa shape index (κ1) is 25.9. The Labute approximate surface area is 192 Å². The van der Waals surface area contributed by atoms with Crippen LogP contribution >= 0.6 is 30.4 Å². The normalized spacial score (nSPS) is 37.3. The van der Waals surface area contributed by atoms with Crippen molar-refractivity contribution in [1.29, 1.82) is 0 Å². The first-order valence-electron chi connectivity index (χ1n) is 9.23. The van der Waals surface area contributed by atoms with Crippen molar-refractivity contribution in [3.8, 4) is 0 Å². The van der Waals surface area contributed by atoms with Gasteiger partial charge in [-0.2, -0.15) is 0 Å². The number of halogens is 1. The Kier molecular flexibility index (Phi) is 8.28. The molecule has 1 aromatic rings. The molecule has 0 amide bonds. The van der Waals surface area contributed by atoms with E-state index in [1.54, 1.807) is 22.6 Å². The van der Waals surface area contributed by atoms with Gasteiger partial charge < -0.3 is 39.9 Å². The maximum Gasteiger partial charge on any atom is 0.472 e. The molecule has 15 nitrogen and oxygen atoms in total. The number of phosphoric acid groups is 1. The lowest BCUT2D eigenvalue weighted by molar-refractivity contribution is -0.285. The number of aliphatic hydroxyl groups is 5. The summed E-state index contributed by atoms with van der Waals surface area (Å²) in [5.74, 6) is 0. The van der Waals surface area contributed by atoms with Crippen molar-refractivity contribution in [3.63, 3.8) is 0 Å². The minimum Gasteiger partial charge on any atom is -0.390 e. The molecule has 1 unspecified atom stereocenters. The van der Waals surface area contributed by atoms with Crippen LogP contribution in [-0.4, -0.2) is 96.1 Å². The van der Waals surface area contributed by atoms with Crippen LogP contribution in [0, 0.1) is 3.57 Å². The van der Waals surface area contributed by atoms with Gasteiger partial charge in [-0.1, -0.05) is 0 Å². The number of hydrogen-bond acceptors (Lipinski definition) is 12. The number of nitrogens with one attached hydrogen (secondary N) is 1. The van der Waals surface area contributed by atoms with Crippen molar-refractivity contribution < 1.29 is 53.5 Å². The molecule has 3 rings (SSSR count). The Morgan fingerprint density at radius 3 is 2.34 bits per heavy atom. The third-order valence-corrected chi connectivity index (χ3v) is 6.65. The molecular formula is C15H22IN2O13P. The predicted molar refractivity (Wildman–Crippen MR) is 109 cm³/mol. The summed E-state index contributed by atoms with van der Waals surface area (Å²) in [7, 11) is -4.76. The maximum atomic E-state index is 12.1. The fourth-order valence-corrected chi connectivity index (χ4v) is 4.33. The third-order valence-electron chi connectivity index (χ3n) is 4.93. The number of H-pyrrole nitrogens is 1. The van der Waals surface area contributed by atoms with Crippen molar-refractivity contribution in [2.75, 3.05) is 13.2 Å². The molecule has 2 aliphatic rings. The van der Waals surface area contributed by atoms with Crippen LogP contribution in [0.5, 0.6) is 0 Å². The van der Waals surface area contributed by atoms with Crippen molar-refractivity contribution in [2.24, 2.45) is 0 Å². The highest BCUT2D eigenvalue weighted by molar-refractivity contribution is 14.1. The highest BCUT2D eigenvalue weighted by atomic mass is 127. The monoisotopic (exact) mass is 596 g/mol. The maximum absolute atomic E-state index is 12.1. The zero-order chi connectivity index (χ0) is 23.8. The van der Waals surface area contributed by atoms with Gasteiger partial charge in [-0.05, 0) is 22.6 Å². The Bertz CT molecular complexity index is 971. The Morgan fingerprint density at radius 2 is 1.69 bits per heavy atom. The second-order valence-corrected chi connectivity index (χ2v) is 9.79. The van der Waals surface area contributed by atoms with Gasteiger partial charge in [0.2, 0.25) is 0 Å². The molecule has 32 heavy (non-hydrogen) atoms. The van der Waals surface area contributed by atoms with Gasteiger partial charge in [-0.25, -0.2) is 9.36 Å². The van der Waals surface area contributed by atoms with E-state index >= 15 is 0 Å². The zero-order valence-corrected chi connectivity index (χ0v) is 19.2. The largest absolute Gasteiger partial charge is 0.472 e. The highest BCUT2D eigenvalue weighted by Gasteiger charge is 2.44. The molecule has 2 fully saturated rings. The van der Waals surface area contributed by atoms with E-state index in [-0.39, 0.29) is 9.99 Å². The molecule has 0 spiro atoms. The number of ether oxygens (including phenoxy) is 2. The van der Waals surface area contributed by atoms with Gasteiger partial charge in [-0.3, -0.25) is 23.4 Å². The predicted octanol–water partition coefficient (Wildman–Crippen LogP) is -3.28. The van der Waals surface area contributed by atoms with Gasteiger partial charge >= 0.3 is 13.5 Å². The van der Waals surface area contributed by atoms with Gasteiger partial charge in [0.05, 0.1) is 22.9 Å². The second kappa shape index (κ2) is 10.2. The van der Waals surface area contributed by atoms with Crippen LogP contribution in [0.4, 0.5) is 0 Å². The summed E-state index contributed by atoms with van der Waals surface area (Å²) >= 11 is 1.72. The molecule has 0 saturated carbocycles. The van der Waals surface area contributed by atoms with Gasteiger partial charge in [0.25, 0.3) is 5.56 Å². The molecule has 7 N–H and O–H groups in total. The molecule has 3 heterocycles. The SMILES string of the molecule is O=c1[nH]c(=O)n([C@H]2C[C@H](O)[C@@H](COP(=O)(O)OC[C@H]3O[C@H](O)[C@H](O)[C@@H](O)[C@@H]3O)O2)cc1I. The lowest BCUT2D eigenvalue weighted by Gasteiger charge is -2.38. The molecule has 9 atom stereocenters. The van der Waals surface area contributed by atoms with E-state index in [4.69, 9.17) is 18.5 Å². The average Bonchev–Trinajstić information content (AvgIpc) is 3.09. The lowest BCUT2D eigenvalue weighted by atomic mass is 10.00. The lowest BCUT2D eigenvalue weighted by Crippen LogP contribution is -2.58. The summed E-state index contributed by atoms with van der Waals surface area (Å²) in [6, 6.07) is 0. The van der Waals surface area contributed by atoms with E-state index in [0.717, 1.165) is 4.57 Å². The summed E-state index contributed by atoms with van der Waals surface area (Å²) in [6.07, 6.45) is -10.6. The zero-order valence-electron chi connectivity index (χ0n) is 16.1. The number of aromatic amines is 1. The number of phosphoric ester groups is 1. The topological polar surface area (TPSA) is 230 Å². The van der Waals surface area contributed by atoms with Crippen LogP contribution in [0.15, 0.2) is 15.8 Å². The summed E-state index contributed by atoms with van der Waals surface area (Å²) < 4.78 is 33.2. The van der Waals surface area contributed by atoms with Crippen molar-refractivity contribution in [2.45, 2.75) is 55.6 Å². The van der Waals surface area contributed by atoms with Gasteiger partial charge in [0.15, 0.2) is 6.29 Å². The standard InChI is InChI=1S/C15H22IN2O13P/c16-5-2-18(15(25)17-13(5)23)9-1-6(19)7(30-9)3-28-32(26,27)29-4-8-10(20)11(21)12(22)14(24)31-8/h2,6-12,14,19-22,24H,1,3-4H2,(H,26,27)(H,17,23,25)/t6-,7+,8+,9+,10+,11-,12+,14-/m0/s1. The summed E-state index contributed by atoms with van der Waals surface area (Å²) in [6.45, 7) is -1.39. The van der Waals surface area contributed by atoms with E-state index in [9.17, 15) is 44.6 Å². The van der Waals surface area contributed by atoms with Crippen LogP contribution in [0.3, 0.4) is 0 Å². The number of aromatic nitrogens is 2. The minimum absolute atomic E-state index is 0.0626. The van der Waals surface area contributed by atoms with Gasteiger partial charge in [0, 0.05) is 12.6 Å². The van der Waals surface area contributed by atoms with Gasteiger partial charge in [0.1, 0.15) is 36.7 Å². The smallest absolute Gasteiger partial charge is 0.390 e. The van der Waals surface area contributed by atoms with Crippen molar-refractivity contribution in [1.82, 2.24) is 9.55 Å². The Hall–Kier alpha value is -0.760. The second-order valence-electron chi connectivity index (χ2n) is 7.17. The van der Waals surface area contributed by atoms with Crippen LogP contribution in [0.25, 0.3) is 0 Å². The van der Waals surface area contributed by atoms with E-state index in [1.165, 1.54) is 6.20 Å². The number of nitrogens with zero attached hydrogens (tertiary/aromatic N) is 1. The van der Waals surface area contributed by atoms with Crippen molar-refractivity contribution in [3.05, 3.63) is 30.6 Å². The molecule has 0 aliphatic carbocycles. The van der Waals surface area contributed by atoms with Gasteiger partial charge in [-0.15, -0.1) is 0 Å². The molecule has 0 radical (unpaired) electrons. The fraction of sp³-hybridized carbons (Fsp3) is 0.733. The van der Waals surface area contributed by atoms with E-state index in [1.807, 2.05) is 0 Å². The summed E-state index contributed by atoms with van der Waals surface area (Å²) in [5.41, 5.74) is -1.34. The van der Waals surface area contributed by atoms with Crippen LogP contribution < -0.4 is 11.2 Å². The molecule has 0 bridgehead atoms. The number of rotatable bonds is 7. The van der Waals surface area contributed by atoms with Crippen LogP contribution in [0.1, 0.15) is 12.6 Å². The molecule has 17 heteroatoms. The summed E-state index contributed by atoms with van der Waals surface area (Å²) in [4.78, 5) is 35.3.